The van der Waals surface area contributed by atoms with Crippen LogP contribution in [-0.4, -0.2) is 63.1 Å². The van der Waals surface area contributed by atoms with Crippen molar-refractivity contribution in [3.63, 3.8) is 0 Å². The van der Waals surface area contributed by atoms with Crippen molar-refractivity contribution in [3.8, 4) is 5.69 Å². The smallest absolute Gasteiger partial charge is 0.294 e. The lowest BCUT2D eigenvalue weighted by Gasteiger charge is -2.33. The molecule has 0 bridgehead atoms. The molecule has 0 aliphatic carbocycles. The second-order valence-corrected chi connectivity index (χ2v) is 6.38. The number of aryl methyl sites for hydroxylation is 1. The van der Waals surface area contributed by atoms with Crippen LogP contribution in [0.4, 0.5) is 5.69 Å². The summed E-state index contributed by atoms with van der Waals surface area (Å²) < 4.78 is 1.29. The normalized spacial score (nSPS) is 15.0. The predicted octanol–water partition coefficient (Wildman–Crippen LogP) is 1.23. The monoisotopic (exact) mass is 371 g/mol. The van der Waals surface area contributed by atoms with E-state index >= 15 is 0 Å². The molecule has 2 heterocycles. The molecular weight excluding hydrogens is 350 g/mol. The molecule has 3 rings (SSSR count). The molecule has 0 N–H and O–H groups in total. The van der Waals surface area contributed by atoms with Crippen LogP contribution in [0.2, 0.25) is 0 Å². The zero-order valence-corrected chi connectivity index (χ0v) is 15.3. The molecule has 1 aromatic heterocycles. The summed E-state index contributed by atoms with van der Waals surface area (Å²) in [6, 6.07) is 7.39. The summed E-state index contributed by atoms with van der Waals surface area (Å²) >= 11 is 0. The maximum absolute atomic E-state index is 12.8. The SMILES string of the molecule is CCN1CCN(C(=O)c2nn(-c3ccccc3[N+](=O)[O-])c(C)cc2=O)CC1. The number of amides is 1. The number of hydrogen-bond donors (Lipinski definition) is 0. The van der Waals surface area contributed by atoms with Crippen LogP contribution in [0.5, 0.6) is 0 Å². The number of aromatic nitrogens is 2. The van der Waals surface area contributed by atoms with Gasteiger partial charge in [0.05, 0.1) is 4.92 Å². The molecule has 1 aliphatic heterocycles. The molecule has 0 spiro atoms. The Morgan fingerprint density at radius 1 is 1.22 bits per heavy atom. The lowest BCUT2D eigenvalue weighted by molar-refractivity contribution is -0.384. The summed E-state index contributed by atoms with van der Waals surface area (Å²) in [4.78, 5) is 39.8. The summed E-state index contributed by atoms with van der Waals surface area (Å²) in [7, 11) is 0. The van der Waals surface area contributed by atoms with Gasteiger partial charge in [-0.05, 0) is 19.5 Å². The molecule has 1 aliphatic rings. The summed E-state index contributed by atoms with van der Waals surface area (Å²) in [6.07, 6.45) is 0. The van der Waals surface area contributed by atoms with Crippen LogP contribution < -0.4 is 5.43 Å². The quantitative estimate of drug-likeness (QED) is 0.592. The molecule has 1 saturated heterocycles. The fraction of sp³-hybridized carbons (Fsp3) is 0.389. The third kappa shape index (κ3) is 3.72. The molecule has 2 aromatic rings. The first-order chi connectivity index (χ1) is 12.9. The zero-order chi connectivity index (χ0) is 19.6. The van der Waals surface area contributed by atoms with Gasteiger partial charge in [-0.3, -0.25) is 19.7 Å². The van der Waals surface area contributed by atoms with Crippen LogP contribution >= 0.6 is 0 Å². The number of likely N-dealkylation sites (N-methyl/N-ethyl adjacent to an activating group) is 1. The Balaban J connectivity index is 2.00. The average Bonchev–Trinajstić information content (AvgIpc) is 2.67. The Bertz CT molecular complexity index is 932. The maximum Gasteiger partial charge on any atom is 0.294 e. The van der Waals surface area contributed by atoms with Crippen molar-refractivity contribution < 1.29 is 9.72 Å². The largest absolute Gasteiger partial charge is 0.335 e. The molecule has 27 heavy (non-hydrogen) atoms. The van der Waals surface area contributed by atoms with Gasteiger partial charge in [0.15, 0.2) is 5.69 Å². The molecule has 0 radical (unpaired) electrons. The van der Waals surface area contributed by atoms with Gasteiger partial charge in [0, 0.05) is 44.0 Å². The first-order valence-corrected chi connectivity index (χ1v) is 8.78. The number of rotatable bonds is 4. The summed E-state index contributed by atoms with van der Waals surface area (Å²) in [5, 5.41) is 15.5. The van der Waals surface area contributed by atoms with E-state index in [1.165, 1.54) is 22.9 Å². The Labute approximate surface area is 156 Å². The van der Waals surface area contributed by atoms with Gasteiger partial charge in [0.25, 0.3) is 11.6 Å². The number of piperazine rings is 1. The highest BCUT2D eigenvalue weighted by molar-refractivity contribution is 5.92. The number of hydrogen-bond acceptors (Lipinski definition) is 6. The van der Waals surface area contributed by atoms with Crippen molar-refractivity contribution in [1.29, 1.82) is 0 Å². The van der Waals surface area contributed by atoms with Gasteiger partial charge in [-0.1, -0.05) is 19.1 Å². The highest BCUT2D eigenvalue weighted by Gasteiger charge is 2.26. The van der Waals surface area contributed by atoms with E-state index in [2.05, 4.69) is 16.9 Å². The van der Waals surface area contributed by atoms with Crippen molar-refractivity contribution in [1.82, 2.24) is 19.6 Å². The molecule has 1 amide bonds. The van der Waals surface area contributed by atoms with Gasteiger partial charge in [0.1, 0.15) is 5.69 Å². The van der Waals surface area contributed by atoms with E-state index in [-0.39, 0.29) is 17.1 Å². The minimum absolute atomic E-state index is 0.147. The molecule has 9 heteroatoms. The lowest BCUT2D eigenvalue weighted by atomic mass is 10.2. The molecule has 0 unspecified atom stereocenters. The van der Waals surface area contributed by atoms with Crippen molar-refractivity contribution in [2.75, 3.05) is 32.7 Å². The highest BCUT2D eigenvalue weighted by atomic mass is 16.6. The highest BCUT2D eigenvalue weighted by Crippen LogP contribution is 2.22. The van der Waals surface area contributed by atoms with Gasteiger partial charge in [-0.25, -0.2) is 4.68 Å². The van der Waals surface area contributed by atoms with Crippen LogP contribution in [0.3, 0.4) is 0 Å². The second-order valence-electron chi connectivity index (χ2n) is 6.38. The summed E-state index contributed by atoms with van der Waals surface area (Å²) in [5.41, 5.74) is -0.216. The predicted molar refractivity (Wildman–Crippen MR) is 99.2 cm³/mol. The number of nitro groups is 1. The van der Waals surface area contributed by atoms with Crippen molar-refractivity contribution >= 4 is 11.6 Å². The Morgan fingerprint density at radius 2 is 1.89 bits per heavy atom. The maximum atomic E-state index is 12.8. The van der Waals surface area contributed by atoms with Gasteiger partial charge < -0.3 is 9.80 Å². The number of benzene rings is 1. The van der Waals surface area contributed by atoms with Crippen molar-refractivity contribution in [3.05, 3.63) is 62.1 Å². The number of carbonyl (C=O) groups excluding carboxylic acids is 1. The van der Waals surface area contributed by atoms with E-state index in [0.29, 0.717) is 18.8 Å². The van der Waals surface area contributed by atoms with E-state index in [9.17, 15) is 19.7 Å². The second kappa shape index (κ2) is 7.67. The van der Waals surface area contributed by atoms with Gasteiger partial charge >= 0.3 is 0 Å². The number of nitro benzene ring substituents is 1. The van der Waals surface area contributed by atoms with E-state index in [0.717, 1.165) is 19.6 Å². The third-order valence-corrected chi connectivity index (χ3v) is 4.72. The van der Waals surface area contributed by atoms with Crippen LogP contribution in [0.15, 0.2) is 35.1 Å². The number of carbonyl (C=O) groups is 1. The van der Waals surface area contributed by atoms with E-state index in [4.69, 9.17) is 0 Å². The average molecular weight is 371 g/mol. The van der Waals surface area contributed by atoms with Gasteiger partial charge in [-0.15, -0.1) is 0 Å². The van der Waals surface area contributed by atoms with Gasteiger partial charge in [-0.2, -0.15) is 5.10 Å². The third-order valence-electron chi connectivity index (χ3n) is 4.72. The molecule has 1 aromatic carbocycles. The van der Waals surface area contributed by atoms with Crippen LogP contribution in [0, 0.1) is 17.0 Å². The topological polar surface area (TPSA) is 102 Å². The first kappa shape index (κ1) is 18.7. The molecular formula is C18H21N5O4. The fourth-order valence-corrected chi connectivity index (χ4v) is 3.15. The number of nitrogens with zero attached hydrogens (tertiary/aromatic N) is 5. The molecule has 142 valence electrons. The number of para-hydroxylation sites is 2. The van der Waals surface area contributed by atoms with E-state index < -0.39 is 16.3 Å². The minimum atomic E-state index is -0.514. The van der Waals surface area contributed by atoms with Gasteiger partial charge in [0.2, 0.25) is 5.43 Å². The molecule has 1 fully saturated rings. The van der Waals surface area contributed by atoms with Crippen molar-refractivity contribution in [2.45, 2.75) is 13.8 Å². The van der Waals surface area contributed by atoms with E-state index in [1.807, 2.05) is 0 Å². The fourth-order valence-electron chi connectivity index (χ4n) is 3.15. The van der Waals surface area contributed by atoms with Crippen LogP contribution in [0.1, 0.15) is 23.1 Å². The lowest BCUT2D eigenvalue weighted by Crippen LogP contribution is -2.49. The Kier molecular flexibility index (Phi) is 5.31. The van der Waals surface area contributed by atoms with Crippen molar-refractivity contribution in [2.24, 2.45) is 0 Å². The summed E-state index contributed by atoms with van der Waals surface area (Å²) in [5.74, 6) is -0.442. The minimum Gasteiger partial charge on any atom is -0.335 e. The van der Waals surface area contributed by atoms with E-state index in [1.54, 1.807) is 24.0 Å². The Morgan fingerprint density at radius 3 is 2.52 bits per heavy atom. The molecule has 0 atom stereocenters. The van der Waals surface area contributed by atoms with Crippen LogP contribution in [0.25, 0.3) is 5.69 Å². The first-order valence-electron chi connectivity index (χ1n) is 8.78. The summed E-state index contributed by atoms with van der Waals surface area (Å²) in [6.45, 7) is 7.12. The molecule has 9 nitrogen and oxygen atoms in total. The Hall–Kier alpha value is -3.07. The molecule has 0 saturated carbocycles. The van der Waals surface area contributed by atoms with Crippen LogP contribution in [-0.2, 0) is 0 Å². The standard InChI is InChI=1S/C18H21N5O4/c1-3-20-8-10-21(11-9-20)18(25)17-16(24)12-13(2)22(19-17)14-6-4-5-7-15(14)23(26)27/h4-7,12H,3,8-11H2,1-2H3. The zero-order valence-electron chi connectivity index (χ0n) is 15.3.